The second-order valence-electron chi connectivity index (χ2n) is 12.0. The molecule has 12 nitrogen and oxygen atoms in total. The molecule has 0 radical (unpaired) electrons. The third-order valence-corrected chi connectivity index (χ3v) is 8.28. The molecule has 0 amide bonds. The van der Waals surface area contributed by atoms with Crippen LogP contribution < -0.4 is 5.32 Å². The summed E-state index contributed by atoms with van der Waals surface area (Å²) in [4.78, 5) is 25.9. The second kappa shape index (κ2) is 17.0. The molecular weight excluding hydrogens is 658 g/mol. The van der Waals surface area contributed by atoms with Crippen molar-refractivity contribution in [3.63, 3.8) is 0 Å². The first kappa shape index (κ1) is 37.7. The highest BCUT2D eigenvalue weighted by atomic mass is 16.6. The number of aliphatic carboxylic acids is 1. The van der Waals surface area contributed by atoms with E-state index in [1.54, 1.807) is 31.3 Å². The number of hydrogen-bond acceptors (Lipinski definition) is 11. The van der Waals surface area contributed by atoms with E-state index in [2.05, 4.69) is 5.32 Å². The number of carbonyl (C=O) groups is 2. The van der Waals surface area contributed by atoms with E-state index in [9.17, 15) is 50.4 Å². The van der Waals surface area contributed by atoms with Gasteiger partial charge in [0.25, 0.3) is 0 Å². The Hall–Kier alpha value is -6.14. The van der Waals surface area contributed by atoms with Gasteiger partial charge in [-0.25, -0.2) is 9.59 Å². The van der Waals surface area contributed by atoms with Crippen molar-refractivity contribution >= 4 is 29.7 Å². The maximum Gasteiger partial charge on any atom is 0.345 e. The molecule has 4 aromatic rings. The van der Waals surface area contributed by atoms with Gasteiger partial charge in [-0.3, -0.25) is 0 Å². The molecule has 2 atom stereocenters. The predicted molar refractivity (Wildman–Crippen MR) is 192 cm³/mol. The molecule has 0 spiro atoms. The minimum absolute atomic E-state index is 0.0156. The van der Waals surface area contributed by atoms with Crippen LogP contribution in [-0.4, -0.2) is 72.5 Å². The highest BCUT2D eigenvalue weighted by molar-refractivity contribution is 5.95. The Morgan fingerprint density at radius 3 is 2.06 bits per heavy atom. The maximum atomic E-state index is 13.5. The van der Waals surface area contributed by atoms with Crippen LogP contribution >= 0.6 is 0 Å². The van der Waals surface area contributed by atoms with Gasteiger partial charge in [0.1, 0.15) is 5.75 Å². The van der Waals surface area contributed by atoms with Crippen molar-refractivity contribution in [1.82, 2.24) is 5.32 Å². The number of nitrogens with one attached hydrogen (secondary N) is 1. The van der Waals surface area contributed by atoms with E-state index in [4.69, 9.17) is 4.74 Å². The lowest BCUT2D eigenvalue weighted by atomic mass is 9.92. The summed E-state index contributed by atoms with van der Waals surface area (Å²) in [7, 11) is 1.58. The average molecular weight is 700 g/mol. The number of ether oxygens (including phenoxy) is 1. The van der Waals surface area contributed by atoms with Gasteiger partial charge in [0.05, 0.1) is 0 Å². The van der Waals surface area contributed by atoms with Crippen LogP contribution in [0, 0.1) is 0 Å². The fraction of sp³-hybridized carbons (Fsp3) is 0.231. The molecule has 0 aliphatic rings. The third-order valence-electron chi connectivity index (χ3n) is 8.28. The maximum absolute atomic E-state index is 13.5. The van der Waals surface area contributed by atoms with Gasteiger partial charge < -0.3 is 50.9 Å². The van der Waals surface area contributed by atoms with Gasteiger partial charge in [0, 0.05) is 18.5 Å². The first-order valence-electron chi connectivity index (χ1n) is 16.2. The van der Waals surface area contributed by atoms with Crippen molar-refractivity contribution in [2.75, 3.05) is 13.6 Å². The van der Waals surface area contributed by atoms with E-state index in [0.29, 0.717) is 51.8 Å². The number of esters is 1. The van der Waals surface area contributed by atoms with Crippen molar-refractivity contribution in [3.8, 4) is 51.4 Å². The van der Waals surface area contributed by atoms with Crippen LogP contribution in [-0.2, 0) is 14.3 Å². The molecule has 268 valence electrons. The first-order chi connectivity index (χ1) is 24.3. The van der Waals surface area contributed by atoms with E-state index in [0.717, 1.165) is 18.9 Å². The average Bonchev–Trinajstić information content (AvgIpc) is 3.08. The molecular formula is C39H41NO11. The topological polar surface area (TPSA) is 217 Å². The molecule has 9 N–H and O–H groups in total. The number of hydrogen-bond donors (Lipinski definition) is 9. The third kappa shape index (κ3) is 9.52. The lowest BCUT2D eigenvalue weighted by molar-refractivity contribution is -0.162. The molecule has 0 aromatic heterocycles. The molecule has 4 aromatic carbocycles. The molecule has 0 saturated heterocycles. The Balaban J connectivity index is 1.78. The van der Waals surface area contributed by atoms with Crippen LogP contribution in [0.25, 0.3) is 28.9 Å². The molecule has 0 aliphatic heterocycles. The normalized spacial score (nSPS) is 12.9. The van der Waals surface area contributed by atoms with Gasteiger partial charge in [-0.2, -0.15) is 0 Å². The van der Waals surface area contributed by atoms with E-state index in [1.807, 2.05) is 6.92 Å². The van der Waals surface area contributed by atoms with Crippen LogP contribution in [0.4, 0.5) is 0 Å². The monoisotopic (exact) mass is 699 g/mol. The van der Waals surface area contributed by atoms with Gasteiger partial charge in [0.2, 0.25) is 6.10 Å². The first-order valence-corrected chi connectivity index (χ1v) is 16.2. The second-order valence-corrected chi connectivity index (χ2v) is 12.0. The smallest absolute Gasteiger partial charge is 0.345 e. The van der Waals surface area contributed by atoms with Gasteiger partial charge in [-0.15, -0.1) is 0 Å². The van der Waals surface area contributed by atoms with Crippen molar-refractivity contribution in [3.05, 3.63) is 95.1 Å². The zero-order valence-corrected chi connectivity index (χ0v) is 28.1. The fourth-order valence-corrected chi connectivity index (χ4v) is 5.69. The standard InChI is InChI=1S/C39H41NO11/c1-3-4-5-7-23(18-37(48)51-38(39(49)50)30(21-40-2)26-12-13-31(42)32(43)17-26)29-20-36(47)34(45)16-25(29)11-10-24-15-33(44)35(46)19-28(24)22-8-6-9-27(41)14-22/h6,8-20,30,38,40-47H,3-5,7,21H2,1-2H3,(H,49,50). The van der Waals surface area contributed by atoms with E-state index < -0.39 is 52.7 Å². The zero-order valence-electron chi connectivity index (χ0n) is 28.1. The molecule has 0 bridgehead atoms. The van der Waals surface area contributed by atoms with Crippen molar-refractivity contribution in [2.24, 2.45) is 0 Å². The van der Waals surface area contributed by atoms with Crippen LogP contribution in [0.5, 0.6) is 40.2 Å². The summed E-state index contributed by atoms with van der Waals surface area (Å²) in [5, 5.41) is 84.4. The number of carbonyl (C=O) groups excluding carboxylic acids is 1. The van der Waals surface area contributed by atoms with Crippen molar-refractivity contribution in [1.29, 1.82) is 0 Å². The fourth-order valence-electron chi connectivity index (χ4n) is 5.69. The highest BCUT2D eigenvalue weighted by Crippen LogP contribution is 2.39. The quantitative estimate of drug-likeness (QED) is 0.0216. The largest absolute Gasteiger partial charge is 0.508 e. The van der Waals surface area contributed by atoms with Gasteiger partial charge in [-0.05, 0) is 107 Å². The van der Waals surface area contributed by atoms with E-state index >= 15 is 0 Å². The number of benzene rings is 4. The van der Waals surface area contributed by atoms with Crippen LogP contribution in [0.2, 0.25) is 0 Å². The van der Waals surface area contributed by atoms with Gasteiger partial charge in [-0.1, -0.05) is 50.1 Å². The predicted octanol–water partition coefficient (Wildman–Crippen LogP) is 6.43. The highest BCUT2D eigenvalue weighted by Gasteiger charge is 2.33. The van der Waals surface area contributed by atoms with Crippen LogP contribution in [0.15, 0.2) is 72.8 Å². The number of likely N-dealkylation sites (N-methyl/N-ethyl adjacent to an activating group) is 1. The summed E-state index contributed by atoms with van der Waals surface area (Å²) in [6.07, 6.45) is 5.17. The Morgan fingerprint density at radius 2 is 1.41 bits per heavy atom. The zero-order chi connectivity index (χ0) is 37.2. The number of unbranched alkanes of at least 4 members (excludes halogenated alkanes) is 2. The lowest BCUT2D eigenvalue weighted by Gasteiger charge is -2.24. The summed E-state index contributed by atoms with van der Waals surface area (Å²) in [6, 6.07) is 15.3. The van der Waals surface area contributed by atoms with E-state index in [1.165, 1.54) is 54.6 Å². The Morgan fingerprint density at radius 1 is 0.765 bits per heavy atom. The van der Waals surface area contributed by atoms with Crippen LogP contribution in [0.1, 0.15) is 60.8 Å². The Bertz CT molecular complexity index is 1950. The van der Waals surface area contributed by atoms with Crippen molar-refractivity contribution in [2.45, 2.75) is 44.6 Å². The Kier molecular flexibility index (Phi) is 12.6. The van der Waals surface area contributed by atoms with Gasteiger partial charge >= 0.3 is 11.9 Å². The molecule has 0 saturated carbocycles. The summed E-state index contributed by atoms with van der Waals surface area (Å²) in [5.41, 5.74) is 2.77. The minimum Gasteiger partial charge on any atom is -0.508 e. The summed E-state index contributed by atoms with van der Waals surface area (Å²) in [6.45, 7) is 2.04. The summed E-state index contributed by atoms with van der Waals surface area (Å²) < 4.78 is 5.53. The molecule has 2 unspecified atom stereocenters. The number of phenols is 7. The summed E-state index contributed by atoms with van der Waals surface area (Å²) in [5.74, 6) is -5.97. The molecule has 51 heavy (non-hydrogen) atoms. The number of rotatable bonds is 15. The Labute approximate surface area is 294 Å². The molecule has 12 heteroatoms. The van der Waals surface area contributed by atoms with E-state index in [-0.39, 0.29) is 18.0 Å². The number of aromatic hydroxyl groups is 7. The molecule has 4 rings (SSSR count). The SMILES string of the molecule is CCCCCC(=CC(=O)OC(C(=O)O)C(CNC)c1ccc(O)c(O)c1)c1cc(O)c(O)cc1C=Cc1cc(O)c(O)cc1-c1cccc(O)c1. The van der Waals surface area contributed by atoms with Crippen LogP contribution in [0.3, 0.4) is 0 Å². The number of allylic oxidation sites excluding steroid dienone is 1. The molecule has 0 heterocycles. The number of carboxylic acids is 1. The minimum atomic E-state index is -1.70. The summed E-state index contributed by atoms with van der Waals surface area (Å²) >= 11 is 0. The molecule has 0 fully saturated rings. The van der Waals surface area contributed by atoms with Crippen molar-refractivity contribution < 1.29 is 55.2 Å². The molecule has 0 aliphatic carbocycles. The lowest BCUT2D eigenvalue weighted by Crippen LogP contribution is -2.37. The number of phenolic OH excluding ortho intramolecular Hbond substituents is 7. The van der Waals surface area contributed by atoms with Gasteiger partial charge in [0.15, 0.2) is 34.5 Å². The number of carboxylic acid groups (broad SMARTS) is 1.